The quantitative estimate of drug-likeness (QED) is 0.756. The van der Waals surface area contributed by atoms with Crippen molar-refractivity contribution >= 4 is 27.3 Å². The second-order valence-corrected chi connectivity index (χ2v) is 6.50. The van der Waals surface area contributed by atoms with E-state index in [2.05, 4.69) is 55.6 Å². The van der Waals surface area contributed by atoms with Crippen LogP contribution in [0.5, 0.6) is 0 Å². The maximum Gasteiger partial charge on any atom is 0.153 e. The van der Waals surface area contributed by atoms with Crippen LogP contribution in [-0.2, 0) is 4.74 Å². The van der Waals surface area contributed by atoms with Crippen molar-refractivity contribution < 1.29 is 4.74 Å². The lowest BCUT2D eigenvalue weighted by atomic mass is 9.99. The first-order valence-corrected chi connectivity index (χ1v) is 8.53. The van der Waals surface area contributed by atoms with Crippen LogP contribution in [0.1, 0.15) is 24.4 Å². The average Bonchev–Trinajstić information content (AvgIpc) is 3.24. The fraction of sp³-hybridized carbons (Fsp3) is 0.294. The van der Waals surface area contributed by atoms with E-state index in [0.717, 1.165) is 35.3 Å². The van der Waals surface area contributed by atoms with E-state index in [1.165, 1.54) is 5.56 Å². The highest BCUT2D eigenvalue weighted by molar-refractivity contribution is 9.10. The lowest BCUT2D eigenvalue weighted by molar-refractivity contribution is 0.0953. The van der Waals surface area contributed by atoms with Crippen LogP contribution in [0.3, 0.4) is 0 Å². The molecule has 1 aliphatic heterocycles. The Balaban J connectivity index is 1.73. The number of rotatable bonds is 4. The van der Waals surface area contributed by atoms with Crippen LogP contribution >= 0.6 is 15.9 Å². The molecule has 23 heavy (non-hydrogen) atoms. The maximum absolute atomic E-state index is 5.94. The SMILES string of the molecule is Brc1cnn2ccnc(NC(c3ccccc3)C3CCCO3)c12. The third-order valence-corrected chi connectivity index (χ3v) is 4.75. The summed E-state index contributed by atoms with van der Waals surface area (Å²) < 4.78 is 8.68. The highest BCUT2D eigenvalue weighted by atomic mass is 79.9. The van der Waals surface area contributed by atoms with Gasteiger partial charge in [0.2, 0.25) is 0 Å². The molecular formula is C17H17BrN4O. The van der Waals surface area contributed by atoms with Gasteiger partial charge in [-0.3, -0.25) is 0 Å². The molecular weight excluding hydrogens is 356 g/mol. The van der Waals surface area contributed by atoms with Crippen molar-refractivity contribution in [3.63, 3.8) is 0 Å². The predicted octanol–water partition coefficient (Wildman–Crippen LogP) is 3.82. The fourth-order valence-corrected chi connectivity index (χ4v) is 3.54. The zero-order chi connectivity index (χ0) is 15.6. The van der Waals surface area contributed by atoms with Crippen LogP contribution in [-0.4, -0.2) is 27.3 Å². The van der Waals surface area contributed by atoms with E-state index in [-0.39, 0.29) is 12.1 Å². The predicted molar refractivity (Wildman–Crippen MR) is 92.5 cm³/mol. The largest absolute Gasteiger partial charge is 0.376 e. The van der Waals surface area contributed by atoms with E-state index in [9.17, 15) is 0 Å². The van der Waals surface area contributed by atoms with Gasteiger partial charge in [0, 0.05) is 19.0 Å². The van der Waals surface area contributed by atoms with Crippen LogP contribution in [0.15, 0.2) is 53.4 Å². The summed E-state index contributed by atoms with van der Waals surface area (Å²) >= 11 is 3.55. The molecule has 2 unspecified atom stereocenters. The maximum atomic E-state index is 5.94. The van der Waals surface area contributed by atoms with Crippen molar-refractivity contribution in [2.75, 3.05) is 11.9 Å². The molecule has 3 aromatic rings. The van der Waals surface area contributed by atoms with Gasteiger partial charge < -0.3 is 10.1 Å². The van der Waals surface area contributed by atoms with Crippen LogP contribution < -0.4 is 5.32 Å². The minimum absolute atomic E-state index is 0.0687. The number of fused-ring (bicyclic) bond motifs is 1. The Labute approximate surface area is 142 Å². The Morgan fingerprint density at radius 3 is 2.96 bits per heavy atom. The molecule has 1 fully saturated rings. The molecule has 3 heterocycles. The van der Waals surface area contributed by atoms with Crippen LogP contribution in [0, 0.1) is 0 Å². The average molecular weight is 373 g/mol. The number of ether oxygens (including phenoxy) is 1. The second kappa shape index (κ2) is 6.29. The van der Waals surface area contributed by atoms with Crippen molar-refractivity contribution in [2.24, 2.45) is 0 Å². The number of nitrogens with zero attached hydrogens (tertiary/aromatic N) is 3. The first-order valence-electron chi connectivity index (χ1n) is 7.74. The number of halogens is 1. The standard InChI is InChI=1S/C17H17BrN4O/c18-13-11-20-22-9-8-19-17(16(13)22)21-15(14-7-4-10-23-14)12-5-2-1-3-6-12/h1-3,5-6,8-9,11,14-15H,4,7,10H2,(H,19,21). The van der Waals surface area contributed by atoms with Crippen LogP contribution in [0.4, 0.5) is 5.82 Å². The Bertz CT molecular complexity index is 799. The smallest absolute Gasteiger partial charge is 0.153 e. The van der Waals surface area contributed by atoms with Crippen molar-refractivity contribution in [1.82, 2.24) is 14.6 Å². The lowest BCUT2D eigenvalue weighted by Gasteiger charge is -2.25. The Morgan fingerprint density at radius 1 is 1.30 bits per heavy atom. The number of aromatic nitrogens is 3. The number of hydrogen-bond donors (Lipinski definition) is 1. The first-order chi connectivity index (χ1) is 11.3. The topological polar surface area (TPSA) is 51.5 Å². The van der Waals surface area contributed by atoms with Crippen molar-refractivity contribution in [3.05, 3.63) is 59.0 Å². The number of hydrogen-bond acceptors (Lipinski definition) is 4. The summed E-state index contributed by atoms with van der Waals surface area (Å²) in [4.78, 5) is 4.52. The molecule has 1 N–H and O–H groups in total. The van der Waals surface area contributed by atoms with Gasteiger partial charge in [0.1, 0.15) is 5.52 Å². The minimum Gasteiger partial charge on any atom is -0.376 e. The van der Waals surface area contributed by atoms with Gasteiger partial charge in [-0.1, -0.05) is 30.3 Å². The zero-order valence-electron chi connectivity index (χ0n) is 12.5. The summed E-state index contributed by atoms with van der Waals surface area (Å²) in [6.07, 6.45) is 7.69. The van der Waals surface area contributed by atoms with Crippen molar-refractivity contribution in [1.29, 1.82) is 0 Å². The van der Waals surface area contributed by atoms with Crippen molar-refractivity contribution in [3.8, 4) is 0 Å². The number of benzene rings is 1. The third kappa shape index (κ3) is 2.84. The summed E-state index contributed by atoms with van der Waals surface area (Å²) in [5, 5.41) is 7.90. The molecule has 118 valence electrons. The normalized spacial score (nSPS) is 19.1. The van der Waals surface area contributed by atoms with E-state index in [1.807, 2.05) is 16.8 Å². The highest BCUT2D eigenvalue weighted by Crippen LogP contribution is 2.32. The molecule has 2 aromatic heterocycles. The molecule has 4 rings (SSSR count). The van der Waals surface area contributed by atoms with Crippen molar-refractivity contribution in [2.45, 2.75) is 25.0 Å². The van der Waals surface area contributed by atoms with Gasteiger partial charge >= 0.3 is 0 Å². The highest BCUT2D eigenvalue weighted by Gasteiger charge is 2.28. The van der Waals surface area contributed by atoms with Gasteiger partial charge in [-0.05, 0) is 34.3 Å². The van der Waals surface area contributed by atoms with Gasteiger partial charge in [-0.25, -0.2) is 9.50 Å². The van der Waals surface area contributed by atoms with Gasteiger partial charge in [0.05, 0.1) is 22.8 Å². The van der Waals surface area contributed by atoms with E-state index in [0.29, 0.717) is 0 Å². The summed E-state index contributed by atoms with van der Waals surface area (Å²) in [5.41, 5.74) is 2.14. The molecule has 1 saturated heterocycles. The summed E-state index contributed by atoms with van der Waals surface area (Å²) in [7, 11) is 0. The number of nitrogens with one attached hydrogen (secondary N) is 1. The molecule has 0 radical (unpaired) electrons. The molecule has 0 amide bonds. The van der Waals surface area contributed by atoms with Crippen LogP contribution in [0.25, 0.3) is 5.52 Å². The van der Waals surface area contributed by atoms with Gasteiger partial charge in [0.15, 0.2) is 5.82 Å². The van der Waals surface area contributed by atoms with E-state index >= 15 is 0 Å². The minimum atomic E-state index is 0.0687. The molecule has 0 spiro atoms. The van der Waals surface area contributed by atoms with Crippen LogP contribution in [0.2, 0.25) is 0 Å². The number of anilines is 1. The van der Waals surface area contributed by atoms with Gasteiger partial charge in [0.25, 0.3) is 0 Å². The molecule has 0 aliphatic carbocycles. The lowest BCUT2D eigenvalue weighted by Crippen LogP contribution is -2.25. The van der Waals surface area contributed by atoms with E-state index < -0.39 is 0 Å². The summed E-state index contributed by atoms with van der Waals surface area (Å²) in [5.74, 6) is 0.807. The molecule has 2 atom stereocenters. The molecule has 1 aliphatic rings. The van der Waals surface area contributed by atoms with E-state index in [4.69, 9.17) is 4.74 Å². The Kier molecular flexibility index (Phi) is 4.01. The zero-order valence-corrected chi connectivity index (χ0v) is 14.1. The molecule has 0 bridgehead atoms. The Hall–Kier alpha value is -1.92. The monoisotopic (exact) mass is 372 g/mol. The molecule has 1 aromatic carbocycles. The second-order valence-electron chi connectivity index (χ2n) is 5.65. The molecule has 5 nitrogen and oxygen atoms in total. The fourth-order valence-electron chi connectivity index (χ4n) is 3.08. The Morgan fingerprint density at radius 2 is 2.17 bits per heavy atom. The summed E-state index contributed by atoms with van der Waals surface area (Å²) in [6.45, 7) is 0.823. The molecule has 6 heteroatoms. The summed E-state index contributed by atoms with van der Waals surface area (Å²) in [6, 6.07) is 10.5. The van der Waals surface area contributed by atoms with Gasteiger partial charge in [-0.2, -0.15) is 5.10 Å². The first kappa shape index (κ1) is 14.7. The third-order valence-electron chi connectivity index (χ3n) is 4.17. The van der Waals surface area contributed by atoms with Gasteiger partial charge in [-0.15, -0.1) is 0 Å². The molecule has 0 saturated carbocycles. The van der Waals surface area contributed by atoms with E-state index in [1.54, 1.807) is 12.4 Å².